The molecule has 2 N–H and O–H groups in total. The molecule has 0 atom stereocenters. The quantitative estimate of drug-likeness (QED) is 0.576. The zero-order valence-electron chi connectivity index (χ0n) is 14.8. The van der Waals surface area contributed by atoms with Gasteiger partial charge in [-0.05, 0) is 36.6 Å². The first-order valence-electron chi connectivity index (χ1n) is 8.48. The molecule has 0 spiro atoms. The van der Waals surface area contributed by atoms with Crippen molar-refractivity contribution in [1.29, 1.82) is 0 Å². The van der Waals surface area contributed by atoms with Gasteiger partial charge in [-0.25, -0.2) is 4.79 Å². The molecule has 0 saturated heterocycles. The van der Waals surface area contributed by atoms with Gasteiger partial charge in [-0.1, -0.05) is 38.5 Å². The number of carbonyl (C=O) groups is 3. The number of hydrogen-bond acceptors (Lipinski definition) is 5. The minimum absolute atomic E-state index is 0.416. The van der Waals surface area contributed by atoms with E-state index in [9.17, 15) is 14.4 Å². The molecule has 7 heteroatoms. The second kappa shape index (κ2) is 9.72. The second-order valence-corrected chi connectivity index (χ2v) is 6.74. The highest BCUT2D eigenvalue weighted by Gasteiger charge is 2.16. The fourth-order valence-electron chi connectivity index (χ4n) is 2.33. The van der Waals surface area contributed by atoms with E-state index in [0.717, 1.165) is 24.8 Å². The number of amides is 2. The molecular weight excluding hydrogens is 352 g/mol. The molecule has 2 aromatic rings. The molecule has 1 heterocycles. The SMILES string of the molecule is CCCc1sc(C(=O)OCC(=O)NNC(=O)c2ccccc2)cc1CC. The van der Waals surface area contributed by atoms with Gasteiger partial charge in [0, 0.05) is 10.4 Å². The van der Waals surface area contributed by atoms with E-state index in [0.29, 0.717) is 10.4 Å². The zero-order chi connectivity index (χ0) is 18.9. The molecule has 0 radical (unpaired) electrons. The molecule has 0 saturated carbocycles. The van der Waals surface area contributed by atoms with Gasteiger partial charge in [-0.3, -0.25) is 20.4 Å². The number of benzene rings is 1. The van der Waals surface area contributed by atoms with Gasteiger partial charge in [-0.15, -0.1) is 11.3 Å². The maximum atomic E-state index is 12.1. The van der Waals surface area contributed by atoms with Crippen molar-refractivity contribution < 1.29 is 19.1 Å². The van der Waals surface area contributed by atoms with Crippen LogP contribution < -0.4 is 10.9 Å². The van der Waals surface area contributed by atoms with E-state index >= 15 is 0 Å². The molecule has 26 heavy (non-hydrogen) atoms. The lowest BCUT2D eigenvalue weighted by atomic mass is 10.1. The number of nitrogens with one attached hydrogen (secondary N) is 2. The smallest absolute Gasteiger partial charge is 0.348 e. The molecule has 0 unspecified atom stereocenters. The summed E-state index contributed by atoms with van der Waals surface area (Å²) < 4.78 is 5.03. The van der Waals surface area contributed by atoms with Gasteiger partial charge in [0.1, 0.15) is 4.88 Å². The molecule has 2 amide bonds. The van der Waals surface area contributed by atoms with Crippen molar-refractivity contribution in [2.45, 2.75) is 33.1 Å². The summed E-state index contributed by atoms with van der Waals surface area (Å²) in [6.45, 7) is 3.67. The highest BCUT2D eigenvalue weighted by Crippen LogP contribution is 2.25. The lowest BCUT2D eigenvalue weighted by Gasteiger charge is -2.07. The van der Waals surface area contributed by atoms with Crippen molar-refractivity contribution in [3.8, 4) is 0 Å². The fraction of sp³-hybridized carbons (Fsp3) is 0.316. The number of hydrogen-bond donors (Lipinski definition) is 2. The lowest BCUT2D eigenvalue weighted by molar-refractivity contribution is -0.125. The average molecular weight is 374 g/mol. The molecule has 0 aliphatic rings. The molecular formula is C19H22N2O4S. The average Bonchev–Trinajstić information content (AvgIpc) is 3.08. The van der Waals surface area contributed by atoms with Crippen molar-refractivity contribution in [2.24, 2.45) is 0 Å². The predicted octanol–water partition coefficient (Wildman–Crippen LogP) is 2.88. The van der Waals surface area contributed by atoms with Gasteiger partial charge < -0.3 is 4.74 Å². The highest BCUT2D eigenvalue weighted by atomic mass is 32.1. The number of ether oxygens (including phenoxy) is 1. The van der Waals surface area contributed by atoms with E-state index in [1.165, 1.54) is 16.2 Å². The van der Waals surface area contributed by atoms with Crippen LogP contribution in [0.4, 0.5) is 0 Å². The van der Waals surface area contributed by atoms with E-state index in [1.807, 2.05) is 13.0 Å². The van der Waals surface area contributed by atoms with Gasteiger partial charge in [0.25, 0.3) is 11.8 Å². The summed E-state index contributed by atoms with van der Waals surface area (Å²) in [5.74, 6) is -1.58. The van der Waals surface area contributed by atoms with Gasteiger partial charge in [-0.2, -0.15) is 0 Å². The topological polar surface area (TPSA) is 84.5 Å². The van der Waals surface area contributed by atoms with Gasteiger partial charge in [0.2, 0.25) is 0 Å². The van der Waals surface area contributed by atoms with Crippen molar-refractivity contribution in [1.82, 2.24) is 10.9 Å². The summed E-state index contributed by atoms with van der Waals surface area (Å²) in [6, 6.07) is 10.3. The molecule has 138 valence electrons. The number of rotatable bonds is 7. The minimum Gasteiger partial charge on any atom is -0.451 e. The Morgan fingerprint density at radius 1 is 1.08 bits per heavy atom. The van der Waals surface area contributed by atoms with Crippen molar-refractivity contribution in [3.05, 3.63) is 57.3 Å². The first kappa shape index (κ1) is 19.7. The molecule has 6 nitrogen and oxygen atoms in total. The standard InChI is InChI=1S/C19H22N2O4S/c1-3-8-15-13(4-2)11-16(26-15)19(24)25-12-17(22)20-21-18(23)14-9-6-5-7-10-14/h5-7,9-11H,3-4,8,12H2,1-2H3,(H,20,22)(H,21,23). The monoisotopic (exact) mass is 374 g/mol. The summed E-state index contributed by atoms with van der Waals surface area (Å²) in [5.41, 5.74) is 6.06. The van der Waals surface area contributed by atoms with E-state index in [2.05, 4.69) is 17.8 Å². The van der Waals surface area contributed by atoms with Gasteiger partial charge in [0.05, 0.1) is 0 Å². The fourth-order valence-corrected chi connectivity index (χ4v) is 3.58. The Hall–Kier alpha value is -2.67. The second-order valence-electron chi connectivity index (χ2n) is 5.61. The first-order valence-corrected chi connectivity index (χ1v) is 9.29. The van der Waals surface area contributed by atoms with E-state index in [1.54, 1.807) is 30.3 Å². The maximum absolute atomic E-state index is 12.1. The van der Waals surface area contributed by atoms with Crippen LogP contribution in [0.15, 0.2) is 36.4 Å². The molecule has 0 bridgehead atoms. The summed E-state index contributed by atoms with van der Waals surface area (Å²) in [4.78, 5) is 37.3. The van der Waals surface area contributed by atoms with Crippen LogP contribution >= 0.6 is 11.3 Å². The zero-order valence-corrected chi connectivity index (χ0v) is 15.7. The molecule has 0 aliphatic heterocycles. The Balaban J connectivity index is 1.81. The lowest BCUT2D eigenvalue weighted by Crippen LogP contribution is -2.43. The van der Waals surface area contributed by atoms with Crippen LogP contribution in [0.5, 0.6) is 0 Å². The van der Waals surface area contributed by atoms with Crippen LogP contribution in [0.1, 0.15) is 50.7 Å². The van der Waals surface area contributed by atoms with Crippen LogP contribution in [0.3, 0.4) is 0 Å². The predicted molar refractivity (Wildman–Crippen MR) is 100 cm³/mol. The van der Waals surface area contributed by atoms with Gasteiger partial charge in [0.15, 0.2) is 6.61 Å². The summed E-state index contributed by atoms with van der Waals surface area (Å²) in [6.07, 6.45) is 2.78. The van der Waals surface area contributed by atoms with E-state index in [-0.39, 0.29) is 0 Å². The largest absolute Gasteiger partial charge is 0.451 e. The number of carbonyl (C=O) groups excluding carboxylic acids is 3. The number of thiophene rings is 1. The third-order valence-electron chi connectivity index (χ3n) is 3.64. The van der Waals surface area contributed by atoms with Crippen LogP contribution in [-0.4, -0.2) is 24.4 Å². The normalized spacial score (nSPS) is 10.2. The molecule has 1 aromatic heterocycles. The van der Waals surface area contributed by atoms with Gasteiger partial charge >= 0.3 is 5.97 Å². The van der Waals surface area contributed by atoms with E-state index < -0.39 is 24.4 Å². The number of esters is 1. The molecule has 0 aliphatic carbocycles. The van der Waals surface area contributed by atoms with Crippen LogP contribution in [-0.2, 0) is 22.4 Å². The van der Waals surface area contributed by atoms with Crippen LogP contribution in [0.2, 0.25) is 0 Å². The third kappa shape index (κ3) is 5.42. The molecule has 2 rings (SSSR count). The summed E-state index contributed by atoms with van der Waals surface area (Å²) in [5, 5.41) is 0. The molecule has 1 aromatic carbocycles. The van der Waals surface area contributed by atoms with E-state index in [4.69, 9.17) is 4.74 Å². The van der Waals surface area contributed by atoms with Crippen molar-refractivity contribution in [3.63, 3.8) is 0 Å². The number of hydrazine groups is 1. The first-order chi connectivity index (χ1) is 12.5. The Kier molecular flexibility index (Phi) is 7.35. The van der Waals surface area contributed by atoms with Crippen molar-refractivity contribution in [2.75, 3.05) is 6.61 Å². The van der Waals surface area contributed by atoms with Crippen LogP contribution in [0.25, 0.3) is 0 Å². The maximum Gasteiger partial charge on any atom is 0.348 e. The summed E-state index contributed by atoms with van der Waals surface area (Å²) in [7, 11) is 0. The highest BCUT2D eigenvalue weighted by molar-refractivity contribution is 7.14. The van der Waals surface area contributed by atoms with Crippen molar-refractivity contribution >= 4 is 29.1 Å². The Morgan fingerprint density at radius 2 is 1.81 bits per heavy atom. The van der Waals surface area contributed by atoms with Crippen LogP contribution in [0, 0.1) is 0 Å². The Labute approximate surface area is 156 Å². The molecule has 0 fully saturated rings. The number of aryl methyl sites for hydroxylation is 2. The minimum atomic E-state index is -0.608. The Bertz CT molecular complexity index is 771. The Morgan fingerprint density at radius 3 is 2.46 bits per heavy atom. The summed E-state index contributed by atoms with van der Waals surface area (Å²) >= 11 is 1.41. The third-order valence-corrected chi connectivity index (χ3v) is 4.86.